The van der Waals surface area contributed by atoms with Gasteiger partial charge in [-0.2, -0.15) is 4.31 Å². The Balaban J connectivity index is 3.21. The molecule has 1 aromatic carbocycles. The number of sulfonamides is 1. The minimum atomic E-state index is -3.65. The lowest BCUT2D eigenvalue weighted by Gasteiger charge is -2.27. The van der Waals surface area contributed by atoms with Crippen LogP contribution in [-0.4, -0.2) is 37.5 Å². The van der Waals surface area contributed by atoms with Crippen LogP contribution in [0.25, 0.3) is 0 Å². The summed E-state index contributed by atoms with van der Waals surface area (Å²) in [5, 5.41) is 8.78. The number of halogens is 1. The lowest BCUT2D eigenvalue weighted by Crippen LogP contribution is -2.38. The van der Waals surface area contributed by atoms with Crippen molar-refractivity contribution in [2.45, 2.75) is 31.7 Å². The summed E-state index contributed by atoms with van der Waals surface area (Å²) in [7, 11) is -2.10. The van der Waals surface area contributed by atoms with Gasteiger partial charge in [0.2, 0.25) is 10.0 Å². The molecule has 0 radical (unpaired) electrons. The average molecular weight is 330 g/mol. The first-order chi connectivity index (χ1) is 9.71. The smallest absolute Gasteiger partial charge is 0.244 e. The molecule has 0 aromatic heterocycles. The highest BCUT2D eigenvalue weighted by atomic mass is 35.5. The van der Waals surface area contributed by atoms with E-state index in [0.717, 1.165) is 0 Å². The summed E-state index contributed by atoms with van der Waals surface area (Å²) < 4.78 is 26.5. The highest BCUT2D eigenvalue weighted by Gasteiger charge is 2.28. The molecule has 0 spiro atoms. The molecule has 0 fully saturated rings. The lowest BCUT2D eigenvalue weighted by molar-refractivity contribution is 0.316. The van der Waals surface area contributed by atoms with Gasteiger partial charge in [0, 0.05) is 18.7 Å². The molecule has 0 bridgehead atoms. The topological polar surface area (TPSA) is 57.6 Å². The van der Waals surface area contributed by atoms with Crippen molar-refractivity contribution < 1.29 is 13.5 Å². The lowest BCUT2D eigenvalue weighted by atomic mass is 10.1. The molecule has 0 aliphatic heterocycles. The Kier molecular flexibility index (Phi) is 6.24. The van der Waals surface area contributed by atoms with Gasteiger partial charge in [0.15, 0.2) is 0 Å². The molecule has 0 heterocycles. The van der Waals surface area contributed by atoms with Crippen molar-refractivity contribution in [2.24, 2.45) is 5.92 Å². The van der Waals surface area contributed by atoms with Crippen LogP contribution in [0.15, 0.2) is 23.1 Å². The minimum Gasteiger partial charge on any atom is -0.384 e. The van der Waals surface area contributed by atoms with E-state index in [1.807, 2.05) is 20.8 Å². The molecule has 0 aliphatic rings. The number of hydrogen-bond donors (Lipinski definition) is 1. The summed E-state index contributed by atoms with van der Waals surface area (Å²) in [4.78, 5) is 0.0636. The van der Waals surface area contributed by atoms with Crippen LogP contribution < -0.4 is 0 Å². The molecule has 4 nitrogen and oxygen atoms in total. The fraction of sp³-hybridized carbons (Fsp3) is 0.467. The third-order valence-electron chi connectivity index (χ3n) is 3.44. The van der Waals surface area contributed by atoms with Crippen molar-refractivity contribution in [1.29, 1.82) is 0 Å². The van der Waals surface area contributed by atoms with Crippen LogP contribution in [0.3, 0.4) is 0 Å². The number of benzene rings is 1. The fourth-order valence-corrected chi connectivity index (χ4v) is 3.73. The molecule has 21 heavy (non-hydrogen) atoms. The van der Waals surface area contributed by atoms with Crippen LogP contribution in [0.4, 0.5) is 0 Å². The summed E-state index contributed by atoms with van der Waals surface area (Å²) in [6, 6.07) is 4.38. The van der Waals surface area contributed by atoms with Gasteiger partial charge in [-0.05, 0) is 31.0 Å². The van der Waals surface area contributed by atoms with Gasteiger partial charge in [0.1, 0.15) is 11.5 Å². The zero-order valence-corrected chi connectivity index (χ0v) is 14.2. The second-order valence-electron chi connectivity index (χ2n) is 5.11. The zero-order chi connectivity index (χ0) is 16.2. The Bertz CT molecular complexity index is 659. The Morgan fingerprint density at radius 3 is 2.43 bits per heavy atom. The van der Waals surface area contributed by atoms with Crippen LogP contribution in [0, 0.1) is 17.8 Å². The molecule has 116 valence electrons. The Hall–Kier alpha value is -1.06. The fourth-order valence-electron chi connectivity index (χ4n) is 1.72. The van der Waals surface area contributed by atoms with E-state index in [4.69, 9.17) is 16.7 Å². The van der Waals surface area contributed by atoms with Gasteiger partial charge >= 0.3 is 0 Å². The minimum absolute atomic E-state index is 0.0636. The van der Waals surface area contributed by atoms with E-state index in [-0.39, 0.29) is 28.5 Å². The normalized spacial score (nSPS) is 13.1. The van der Waals surface area contributed by atoms with Crippen LogP contribution in [0.2, 0.25) is 5.02 Å². The van der Waals surface area contributed by atoms with Gasteiger partial charge in [-0.3, -0.25) is 0 Å². The third kappa shape index (κ3) is 4.21. The average Bonchev–Trinajstić information content (AvgIpc) is 2.42. The van der Waals surface area contributed by atoms with E-state index in [1.54, 1.807) is 13.1 Å². The largest absolute Gasteiger partial charge is 0.384 e. The molecule has 0 saturated heterocycles. The first-order valence-electron chi connectivity index (χ1n) is 6.59. The van der Waals surface area contributed by atoms with Crippen molar-refractivity contribution >= 4 is 21.6 Å². The summed E-state index contributed by atoms with van der Waals surface area (Å²) in [5.41, 5.74) is 0.563. The van der Waals surface area contributed by atoms with E-state index >= 15 is 0 Å². The molecule has 1 N–H and O–H groups in total. The van der Waals surface area contributed by atoms with Gasteiger partial charge in [-0.1, -0.05) is 37.3 Å². The van der Waals surface area contributed by atoms with E-state index in [1.165, 1.54) is 16.4 Å². The standard InChI is InChI=1S/C15H20ClNO3S/c1-11(2)12(3)17(4)21(19,20)15-8-7-13(6-5-9-18)10-14(15)16/h7-8,10-12,18H,9H2,1-4H3. The van der Waals surface area contributed by atoms with Gasteiger partial charge in [-0.25, -0.2) is 8.42 Å². The van der Waals surface area contributed by atoms with Gasteiger partial charge in [0.25, 0.3) is 0 Å². The monoisotopic (exact) mass is 329 g/mol. The molecule has 1 aromatic rings. The molecule has 1 rings (SSSR count). The number of nitrogens with zero attached hydrogens (tertiary/aromatic N) is 1. The van der Waals surface area contributed by atoms with E-state index in [2.05, 4.69) is 11.8 Å². The Morgan fingerprint density at radius 1 is 1.33 bits per heavy atom. The summed E-state index contributed by atoms with van der Waals surface area (Å²) in [5.74, 6) is 5.38. The zero-order valence-electron chi connectivity index (χ0n) is 12.6. The van der Waals surface area contributed by atoms with Crippen LogP contribution in [0.1, 0.15) is 26.3 Å². The Labute approximate surface area is 131 Å². The highest BCUT2D eigenvalue weighted by Crippen LogP contribution is 2.27. The second kappa shape index (κ2) is 7.28. The van der Waals surface area contributed by atoms with Crippen LogP contribution >= 0.6 is 11.6 Å². The van der Waals surface area contributed by atoms with Crippen LogP contribution in [-0.2, 0) is 10.0 Å². The molecule has 0 saturated carbocycles. The molecular formula is C15H20ClNO3S. The Morgan fingerprint density at radius 2 is 1.95 bits per heavy atom. The first kappa shape index (κ1) is 18.0. The van der Waals surface area contributed by atoms with Crippen molar-refractivity contribution in [3.05, 3.63) is 28.8 Å². The van der Waals surface area contributed by atoms with Crippen LogP contribution in [0.5, 0.6) is 0 Å². The van der Waals surface area contributed by atoms with Gasteiger partial charge in [0.05, 0.1) is 5.02 Å². The number of rotatable bonds is 4. The second-order valence-corrected chi connectivity index (χ2v) is 7.48. The molecular weight excluding hydrogens is 310 g/mol. The van der Waals surface area contributed by atoms with Gasteiger partial charge in [-0.15, -0.1) is 0 Å². The van der Waals surface area contributed by atoms with E-state index in [9.17, 15) is 8.42 Å². The molecule has 0 amide bonds. The maximum Gasteiger partial charge on any atom is 0.244 e. The van der Waals surface area contributed by atoms with Crippen molar-refractivity contribution in [3.8, 4) is 11.8 Å². The summed E-state index contributed by atoms with van der Waals surface area (Å²) in [6.07, 6.45) is 0. The predicted molar refractivity (Wildman–Crippen MR) is 84.7 cm³/mol. The summed E-state index contributed by atoms with van der Waals surface area (Å²) in [6.45, 7) is 5.53. The molecule has 1 atom stereocenters. The van der Waals surface area contributed by atoms with Crippen molar-refractivity contribution in [2.75, 3.05) is 13.7 Å². The summed E-state index contributed by atoms with van der Waals surface area (Å²) >= 11 is 6.09. The van der Waals surface area contributed by atoms with E-state index < -0.39 is 10.0 Å². The predicted octanol–water partition coefficient (Wildman–Crippen LogP) is 2.35. The van der Waals surface area contributed by atoms with Gasteiger partial charge < -0.3 is 5.11 Å². The van der Waals surface area contributed by atoms with E-state index in [0.29, 0.717) is 5.56 Å². The van der Waals surface area contributed by atoms with Crippen molar-refractivity contribution in [1.82, 2.24) is 4.31 Å². The molecule has 6 heteroatoms. The highest BCUT2D eigenvalue weighted by molar-refractivity contribution is 7.89. The number of aliphatic hydroxyl groups excluding tert-OH is 1. The first-order valence-corrected chi connectivity index (χ1v) is 8.41. The molecule has 0 aliphatic carbocycles. The molecule has 1 unspecified atom stereocenters. The van der Waals surface area contributed by atoms with Crippen molar-refractivity contribution in [3.63, 3.8) is 0 Å². The maximum atomic E-state index is 12.6. The maximum absolute atomic E-state index is 12.6. The number of aliphatic hydroxyl groups is 1. The number of hydrogen-bond acceptors (Lipinski definition) is 3. The quantitative estimate of drug-likeness (QED) is 0.863. The SMILES string of the molecule is CC(C)C(C)N(C)S(=O)(=O)c1ccc(C#CCO)cc1Cl. The third-order valence-corrected chi connectivity index (χ3v) is 5.87.